The third-order valence-electron chi connectivity index (χ3n) is 9.64. The molecule has 0 aliphatic rings. The summed E-state index contributed by atoms with van der Waals surface area (Å²) in [4.78, 5) is 53.0. The number of ether oxygens (including phenoxy) is 3. The normalized spacial score (nSPS) is 12.0. The van der Waals surface area contributed by atoms with E-state index < -0.39 is 82.0 Å². The van der Waals surface area contributed by atoms with Crippen molar-refractivity contribution in [2.45, 2.75) is 120 Å². The van der Waals surface area contributed by atoms with Crippen LogP contribution in [-0.2, 0) is 81.3 Å². The standard InChI is InChI=1S/3C12H16NO4.4C5H10O2.3Mn.N3.Na.2H2O.O.Tb/c3*1-12(7-14,8-15)13-6-9-4-3-5-10(17-2)11(9)16;4*1-5(2,3)4(6)7;;;;1-3-2;;;;;/h3*3-6,14,16H,7-8H2,1-2H3;4*1-3H3,(H,6,7);;;;;;2*1H2;;/q3*-1;;;;;3*+3;-1;+1;;;-2;+3/p-6/t3*12-;;;;;;;;;;;;;/m110............./s1. The molecule has 34 heteroatoms. The smallest absolute Gasteiger partial charge is 2.00 e. The van der Waals surface area contributed by atoms with Gasteiger partial charge in [0.15, 0.2) is 0 Å². The van der Waals surface area contributed by atoms with Crippen molar-refractivity contribution in [3.63, 3.8) is 0 Å². The van der Waals surface area contributed by atoms with E-state index >= 15 is 0 Å². The third kappa shape index (κ3) is 53.6. The van der Waals surface area contributed by atoms with E-state index in [2.05, 4.69) is 15.0 Å². The molecule has 3 atom stereocenters. The van der Waals surface area contributed by atoms with Crippen LogP contribution in [0.15, 0.2) is 69.6 Å². The molecule has 29 nitrogen and oxygen atoms in total. The monoisotopic (exact) mass is 1560 g/mol. The minimum atomic E-state index is -1.09. The van der Waals surface area contributed by atoms with Crippen molar-refractivity contribution in [3.8, 4) is 34.5 Å². The van der Waals surface area contributed by atoms with Gasteiger partial charge in [0.05, 0.1) is 57.8 Å². The van der Waals surface area contributed by atoms with Crippen LogP contribution in [0.2, 0.25) is 0 Å². The molecule has 0 fully saturated rings. The summed E-state index contributed by atoms with van der Waals surface area (Å²) in [6.07, 6.45) is 3.91. The number of carbonyl (C=O) groups excluding carboxylic acids is 4. The van der Waals surface area contributed by atoms with Gasteiger partial charge in [0.2, 0.25) is 0 Å². The van der Waals surface area contributed by atoms with E-state index in [1.165, 1.54) is 65.7 Å². The molecule has 0 heterocycles. The number of aliphatic imine (C=N–C) groups is 3. The number of benzene rings is 3. The van der Waals surface area contributed by atoms with Gasteiger partial charge in [-0.15, -0.1) is 19.8 Å². The number of hydrogen-bond acceptors (Lipinski definition) is 23. The average Bonchev–Trinajstić information content (AvgIpc) is 3.40. The van der Waals surface area contributed by atoms with E-state index in [4.69, 9.17) is 40.6 Å². The van der Waals surface area contributed by atoms with Crippen molar-refractivity contribution in [1.82, 2.24) is 0 Å². The molecule has 0 radical (unpaired) electrons. The second-order valence-corrected chi connectivity index (χ2v) is 22.0. The number of para-hydroxylation sites is 3. The fourth-order valence-corrected chi connectivity index (χ4v) is 3.43. The van der Waals surface area contributed by atoms with Crippen molar-refractivity contribution < 1.29 is 236 Å². The number of aliphatic hydroxyl groups excluding tert-OH is 3. The number of hydrogen-bond donors (Lipinski definition) is 3. The SMILES string of the molecule is CC(C)(C)C(=O)[O-].CC(C)(C)C(=O)[O-].CC(C)(C)C(=O)[O-].CC(C)(C)C(=O)[O-].COc1cccc(C=N[C@@](C)(C[O-])CO)c1[O-].COc1cccc(C=N[C@@](C)(C[O-])CO)c1[O-].COc1cccc(C=N[C@](C)(C[O-])CO)c1[O-].O.[Mn+3].[Mn+3].[Mn+3].[N-]=[N+]=[N-].[Na+].[O-2].[OH3+].[Tb+3]. The summed E-state index contributed by atoms with van der Waals surface area (Å²) in [6, 6.07) is 14.4. The topological polar surface area (TPSA) is 576 Å². The molecule has 90 heavy (non-hydrogen) atoms. The summed E-state index contributed by atoms with van der Waals surface area (Å²) in [7, 11) is 4.23. The molecule has 0 amide bonds. The number of rotatable bonds is 15. The average molecular weight is 1560 g/mol. The quantitative estimate of drug-likeness (QED) is 0.0318. The molecule has 0 aliphatic heterocycles. The molecule has 3 aromatic carbocycles. The second-order valence-electron chi connectivity index (χ2n) is 22.0. The van der Waals surface area contributed by atoms with Gasteiger partial charge in [0, 0.05) is 64.2 Å². The second kappa shape index (κ2) is 57.8. The Morgan fingerprint density at radius 3 is 0.711 bits per heavy atom. The molecule has 0 saturated heterocycles. The van der Waals surface area contributed by atoms with E-state index in [-0.39, 0.29) is 190 Å². The minimum absolute atomic E-state index is 0. The zero-order valence-corrected chi connectivity index (χ0v) is 61.8. The third-order valence-corrected chi connectivity index (χ3v) is 9.64. The molecule has 3 aromatic rings. The Labute approximate surface area is 612 Å². The van der Waals surface area contributed by atoms with Crippen molar-refractivity contribution in [2.75, 3.05) is 61.0 Å². The zero-order valence-electron chi connectivity index (χ0n) is 54.1. The summed E-state index contributed by atoms with van der Waals surface area (Å²) >= 11 is 0. The maximum atomic E-state index is 11.7. The number of methoxy groups -OCH3 is 3. The van der Waals surface area contributed by atoms with Crippen LogP contribution in [0.5, 0.6) is 34.5 Å². The van der Waals surface area contributed by atoms with Gasteiger partial charge in [0.1, 0.15) is 17.2 Å². The molecule has 8 N–H and O–H groups in total. The van der Waals surface area contributed by atoms with Gasteiger partial charge in [-0.3, -0.25) is 19.9 Å². The number of carbonyl (C=O) groups is 4. The van der Waals surface area contributed by atoms with Gasteiger partial charge in [-0.1, -0.05) is 137 Å². The maximum absolute atomic E-state index is 11.7. The maximum Gasteiger partial charge on any atom is 3.00 e. The van der Waals surface area contributed by atoms with Gasteiger partial charge < -0.3 is 127 Å². The molecule has 0 bridgehead atoms. The first-order valence-corrected chi connectivity index (χ1v) is 24.5. The summed E-state index contributed by atoms with van der Waals surface area (Å²) in [5.41, 5.74) is 8.45. The Kier molecular flexibility index (Phi) is 74.9. The Bertz CT molecular complexity index is 2230. The predicted octanol–water partition coefficient (Wildman–Crippen LogP) is -6.98. The Morgan fingerprint density at radius 1 is 0.467 bits per heavy atom. The number of carboxylic acid groups (broad SMARTS) is 4. The van der Waals surface area contributed by atoms with Crippen LogP contribution >= 0.6 is 0 Å². The number of nitrogens with zero attached hydrogens (tertiary/aromatic N) is 6. The van der Waals surface area contributed by atoms with Crippen LogP contribution in [-0.4, -0.2) is 141 Å². The first kappa shape index (κ1) is 117. The van der Waals surface area contributed by atoms with Crippen molar-refractivity contribution in [1.29, 1.82) is 0 Å². The van der Waals surface area contributed by atoms with E-state index in [9.17, 15) is 70.2 Å². The van der Waals surface area contributed by atoms with Crippen molar-refractivity contribution in [3.05, 3.63) is 87.3 Å². The van der Waals surface area contributed by atoms with Gasteiger partial charge in [-0.25, -0.2) is 0 Å². The minimum Gasteiger partial charge on any atom is -2.00 e. The molecule has 0 aliphatic carbocycles. The fourth-order valence-electron chi connectivity index (χ4n) is 3.43. The van der Waals surface area contributed by atoms with Gasteiger partial charge in [-0.2, -0.15) is 0 Å². The number of carboxylic acids is 4. The van der Waals surface area contributed by atoms with Crippen LogP contribution < -0.4 is 94.8 Å². The Balaban J connectivity index is -0.0000000708. The largest absolute Gasteiger partial charge is 3.00 e. The molecule has 0 spiro atoms. The number of aliphatic carboxylic acids is 4. The molecule has 0 saturated carbocycles. The van der Waals surface area contributed by atoms with Crippen LogP contribution in [0, 0.1) is 60.3 Å². The van der Waals surface area contributed by atoms with Gasteiger partial charge in [-0.05, 0) is 55.7 Å². The first-order chi connectivity index (χ1) is 37.4. The molecular formula is C56H86Mn3N6NaO23Tb+. The zero-order chi connectivity index (χ0) is 65.7. The molecule has 3 rings (SSSR count). The van der Waals surface area contributed by atoms with E-state index in [0.29, 0.717) is 16.7 Å². The van der Waals surface area contributed by atoms with Crippen molar-refractivity contribution in [2.24, 2.45) is 36.6 Å². The van der Waals surface area contributed by atoms with Crippen LogP contribution in [0.25, 0.3) is 16.0 Å². The molecule has 0 aromatic heterocycles. The van der Waals surface area contributed by atoms with Crippen LogP contribution in [0.1, 0.15) is 121 Å². The molecular weight excluding hydrogens is 1470 g/mol. The van der Waals surface area contributed by atoms with Crippen LogP contribution in [0.4, 0.5) is 0 Å². The Morgan fingerprint density at radius 2 is 0.611 bits per heavy atom. The summed E-state index contributed by atoms with van der Waals surface area (Å²) in [5, 5.41) is 134. The van der Waals surface area contributed by atoms with E-state index in [0.717, 1.165) is 0 Å². The fraction of sp³-hybridized carbons (Fsp3) is 0.554. The molecule has 508 valence electrons. The van der Waals surface area contributed by atoms with Gasteiger partial charge >= 0.3 is 119 Å². The van der Waals surface area contributed by atoms with Gasteiger partial charge in [0.25, 0.3) is 0 Å². The van der Waals surface area contributed by atoms with Crippen LogP contribution in [0.3, 0.4) is 0 Å². The summed E-state index contributed by atoms with van der Waals surface area (Å²) in [6.45, 7) is 21.1. The number of aliphatic hydroxyl groups is 3. The first-order valence-electron chi connectivity index (χ1n) is 24.5. The van der Waals surface area contributed by atoms with E-state index in [1.54, 1.807) is 138 Å². The van der Waals surface area contributed by atoms with Crippen molar-refractivity contribution >= 4 is 42.5 Å². The summed E-state index contributed by atoms with van der Waals surface area (Å²) < 4.78 is 14.7. The Hall–Kier alpha value is -3.86. The summed E-state index contributed by atoms with van der Waals surface area (Å²) in [5.74, 6) is -4.22. The molecule has 0 unspecified atom stereocenters. The van der Waals surface area contributed by atoms with E-state index in [1.807, 2.05) is 0 Å². The predicted molar refractivity (Wildman–Crippen MR) is 298 cm³/mol.